The largest absolute Gasteiger partial charge is 0.480 e. The Balaban J connectivity index is 2.21. The molecule has 0 spiro atoms. The molecule has 1 aromatic rings. The second-order valence-corrected chi connectivity index (χ2v) is 4.13. The number of nitrogens with one attached hydrogen (secondary N) is 1. The van der Waals surface area contributed by atoms with Crippen molar-refractivity contribution in [3.8, 4) is 11.5 Å². The SMILES string of the molecule is C[C@@H](NC(=O)c1cc(Cl)c2c(c1)OCO2)C(=O)O. The van der Waals surface area contributed by atoms with Crippen LogP contribution in [0.15, 0.2) is 12.1 Å². The van der Waals surface area contributed by atoms with E-state index in [2.05, 4.69) is 5.32 Å². The number of carbonyl (C=O) groups is 2. The van der Waals surface area contributed by atoms with E-state index >= 15 is 0 Å². The van der Waals surface area contributed by atoms with Crippen LogP contribution in [0.1, 0.15) is 17.3 Å². The molecular weight excluding hydrogens is 262 g/mol. The number of halogens is 1. The Hall–Kier alpha value is -1.95. The predicted octanol–water partition coefficient (Wildman–Crippen LogP) is 1.27. The van der Waals surface area contributed by atoms with Gasteiger partial charge in [0.1, 0.15) is 6.04 Å². The zero-order valence-electron chi connectivity index (χ0n) is 9.40. The molecule has 0 bridgehead atoms. The van der Waals surface area contributed by atoms with Crippen LogP contribution in [-0.4, -0.2) is 29.8 Å². The average molecular weight is 272 g/mol. The molecule has 1 aliphatic heterocycles. The van der Waals surface area contributed by atoms with Crippen LogP contribution in [0, 0.1) is 0 Å². The van der Waals surface area contributed by atoms with E-state index in [0.29, 0.717) is 11.5 Å². The Morgan fingerprint density at radius 2 is 2.17 bits per heavy atom. The first kappa shape index (κ1) is 12.5. The number of hydrogen-bond donors (Lipinski definition) is 2. The maximum absolute atomic E-state index is 11.8. The van der Waals surface area contributed by atoms with Crippen LogP contribution in [0.4, 0.5) is 0 Å². The van der Waals surface area contributed by atoms with E-state index in [9.17, 15) is 9.59 Å². The molecule has 1 aliphatic rings. The number of hydrogen-bond acceptors (Lipinski definition) is 4. The topological polar surface area (TPSA) is 84.9 Å². The van der Waals surface area contributed by atoms with Gasteiger partial charge < -0.3 is 19.9 Å². The number of carboxylic acids is 1. The lowest BCUT2D eigenvalue weighted by molar-refractivity contribution is -0.138. The Kier molecular flexibility index (Phi) is 3.29. The van der Waals surface area contributed by atoms with Gasteiger partial charge in [-0.25, -0.2) is 0 Å². The zero-order chi connectivity index (χ0) is 13.3. The molecule has 96 valence electrons. The fraction of sp³-hybridized carbons (Fsp3) is 0.273. The number of carbonyl (C=O) groups excluding carboxylic acids is 1. The maximum atomic E-state index is 11.8. The van der Waals surface area contributed by atoms with Crippen LogP contribution in [0.3, 0.4) is 0 Å². The Morgan fingerprint density at radius 3 is 2.83 bits per heavy atom. The third-order valence-corrected chi connectivity index (χ3v) is 2.69. The standard InChI is InChI=1S/C11H10ClNO5/c1-5(11(15)16)13-10(14)6-2-7(12)9-8(3-6)17-4-18-9/h2-3,5H,4H2,1H3,(H,13,14)(H,15,16)/t5-/m1/s1. The van der Waals surface area contributed by atoms with E-state index in [0.717, 1.165) is 0 Å². The quantitative estimate of drug-likeness (QED) is 0.865. The molecule has 0 aliphatic carbocycles. The minimum Gasteiger partial charge on any atom is -0.480 e. The summed E-state index contributed by atoms with van der Waals surface area (Å²) in [4.78, 5) is 22.4. The molecule has 0 radical (unpaired) electrons. The lowest BCUT2D eigenvalue weighted by atomic mass is 10.1. The van der Waals surface area contributed by atoms with Crippen molar-refractivity contribution in [1.82, 2.24) is 5.32 Å². The lowest BCUT2D eigenvalue weighted by Gasteiger charge is -2.10. The summed E-state index contributed by atoms with van der Waals surface area (Å²) in [6.07, 6.45) is 0. The first-order valence-electron chi connectivity index (χ1n) is 5.12. The average Bonchev–Trinajstić information content (AvgIpc) is 2.77. The summed E-state index contributed by atoms with van der Waals surface area (Å²) < 4.78 is 10.2. The summed E-state index contributed by atoms with van der Waals surface area (Å²) in [7, 11) is 0. The Morgan fingerprint density at radius 1 is 1.44 bits per heavy atom. The highest BCUT2D eigenvalue weighted by Crippen LogP contribution is 2.39. The Labute approximate surface area is 107 Å². The van der Waals surface area contributed by atoms with E-state index in [4.69, 9.17) is 26.2 Å². The fourth-order valence-corrected chi connectivity index (χ4v) is 1.71. The van der Waals surface area contributed by atoms with E-state index in [1.165, 1.54) is 19.1 Å². The summed E-state index contributed by atoms with van der Waals surface area (Å²) in [6, 6.07) is 1.87. The molecule has 0 saturated heterocycles. The third-order valence-electron chi connectivity index (χ3n) is 2.41. The van der Waals surface area contributed by atoms with Gasteiger partial charge in [-0.3, -0.25) is 9.59 Å². The summed E-state index contributed by atoms with van der Waals surface area (Å²) in [6.45, 7) is 1.42. The van der Waals surface area contributed by atoms with Crippen molar-refractivity contribution in [2.75, 3.05) is 6.79 Å². The third kappa shape index (κ3) is 2.33. The molecule has 0 fully saturated rings. The predicted molar refractivity (Wildman–Crippen MR) is 62.1 cm³/mol. The minimum absolute atomic E-state index is 0.0473. The van der Waals surface area contributed by atoms with Crippen molar-refractivity contribution in [3.05, 3.63) is 22.7 Å². The van der Waals surface area contributed by atoms with Gasteiger partial charge in [0.2, 0.25) is 6.79 Å². The van der Waals surface area contributed by atoms with E-state index in [1.807, 2.05) is 0 Å². The number of rotatable bonds is 3. The second kappa shape index (κ2) is 4.73. The number of carboxylic acid groups (broad SMARTS) is 1. The highest BCUT2D eigenvalue weighted by Gasteiger charge is 2.22. The first-order chi connectivity index (χ1) is 8.49. The summed E-state index contributed by atoms with van der Waals surface area (Å²) in [5.74, 6) is -0.893. The number of ether oxygens (including phenoxy) is 2. The van der Waals surface area contributed by atoms with Crippen LogP contribution in [0.2, 0.25) is 5.02 Å². The Bertz CT molecular complexity index is 516. The molecule has 0 saturated carbocycles. The highest BCUT2D eigenvalue weighted by atomic mass is 35.5. The van der Waals surface area contributed by atoms with Gasteiger partial charge in [0.25, 0.3) is 5.91 Å². The van der Waals surface area contributed by atoms with E-state index in [-0.39, 0.29) is 17.4 Å². The monoisotopic (exact) mass is 271 g/mol. The normalized spacial score (nSPS) is 14.1. The molecule has 1 amide bonds. The van der Waals surface area contributed by atoms with Crippen molar-refractivity contribution in [3.63, 3.8) is 0 Å². The number of benzene rings is 1. The molecule has 6 nitrogen and oxygen atoms in total. The number of aliphatic carboxylic acids is 1. The zero-order valence-corrected chi connectivity index (χ0v) is 10.2. The van der Waals surface area contributed by atoms with Gasteiger partial charge in [0, 0.05) is 5.56 Å². The van der Waals surface area contributed by atoms with Gasteiger partial charge in [-0.2, -0.15) is 0 Å². The molecule has 1 atom stereocenters. The lowest BCUT2D eigenvalue weighted by Crippen LogP contribution is -2.38. The number of amides is 1. The van der Waals surface area contributed by atoms with Gasteiger partial charge in [-0.05, 0) is 19.1 Å². The minimum atomic E-state index is -1.12. The van der Waals surface area contributed by atoms with E-state index in [1.54, 1.807) is 0 Å². The second-order valence-electron chi connectivity index (χ2n) is 3.73. The smallest absolute Gasteiger partial charge is 0.325 e. The van der Waals surface area contributed by atoms with Gasteiger partial charge in [-0.1, -0.05) is 11.6 Å². The molecule has 18 heavy (non-hydrogen) atoms. The van der Waals surface area contributed by atoms with Crippen LogP contribution < -0.4 is 14.8 Å². The molecule has 2 N–H and O–H groups in total. The van der Waals surface area contributed by atoms with Gasteiger partial charge in [0.05, 0.1) is 5.02 Å². The van der Waals surface area contributed by atoms with E-state index < -0.39 is 17.9 Å². The van der Waals surface area contributed by atoms with Crippen molar-refractivity contribution in [1.29, 1.82) is 0 Å². The molecule has 1 aromatic carbocycles. The first-order valence-corrected chi connectivity index (χ1v) is 5.49. The number of fused-ring (bicyclic) bond motifs is 1. The molecular formula is C11H10ClNO5. The van der Waals surface area contributed by atoms with Gasteiger partial charge in [0.15, 0.2) is 11.5 Å². The summed E-state index contributed by atoms with van der Waals surface area (Å²) >= 11 is 5.92. The van der Waals surface area contributed by atoms with Crippen molar-refractivity contribution in [2.24, 2.45) is 0 Å². The maximum Gasteiger partial charge on any atom is 0.325 e. The molecule has 1 heterocycles. The molecule has 7 heteroatoms. The summed E-state index contributed by atoms with van der Waals surface area (Å²) in [5, 5.41) is 11.3. The van der Waals surface area contributed by atoms with Crippen LogP contribution in [0.5, 0.6) is 11.5 Å². The van der Waals surface area contributed by atoms with Crippen LogP contribution >= 0.6 is 11.6 Å². The fourth-order valence-electron chi connectivity index (χ4n) is 1.44. The van der Waals surface area contributed by atoms with Crippen molar-refractivity contribution < 1.29 is 24.2 Å². The van der Waals surface area contributed by atoms with Crippen molar-refractivity contribution >= 4 is 23.5 Å². The molecule has 0 aromatic heterocycles. The van der Waals surface area contributed by atoms with Crippen molar-refractivity contribution in [2.45, 2.75) is 13.0 Å². The van der Waals surface area contributed by atoms with Gasteiger partial charge >= 0.3 is 5.97 Å². The van der Waals surface area contributed by atoms with Crippen LogP contribution in [-0.2, 0) is 4.79 Å². The molecule has 2 rings (SSSR count). The van der Waals surface area contributed by atoms with Crippen LogP contribution in [0.25, 0.3) is 0 Å². The molecule has 0 unspecified atom stereocenters. The highest BCUT2D eigenvalue weighted by molar-refractivity contribution is 6.32. The summed E-state index contributed by atoms with van der Waals surface area (Å²) in [5.41, 5.74) is 0.220. The van der Waals surface area contributed by atoms with Gasteiger partial charge in [-0.15, -0.1) is 0 Å².